The van der Waals surface area contributed by atoms with Crippen LogP contribution in [0.4, 0.5) is 0 Å². The lowest BCUT2D eigenvalue weighted by atomic mass is 9.95. The molecule has 4 nitrogen and oxygen atoms in total. The molecular formula is C11H18O4. The van der Waals surface area contributed by atoms with E-state index in [2.05, 4.69) is 0 Å². The number of carboxylic acid groups (broad SMARTS) is 1. The summed E-state index contributed by atoms with van der Waals surface area (Å²) < 4.78 is 5.01. The lowest BCUT2D eigenvalue weighted by Crippen LogP contribution is -2.31. The van der Waals surface area contributed by atoms with Crippen LogP contribution in [0.15, 0.2) is 0 Å². The predicted molar refractivity (Wildman–Crippen MR) is 54.3 cm³/mol. The number of carbonyl (C=O) groups excluding carboxylic acids is 1. The Balaban J connectivity index is 2.39. The van der Waals surface area contributed by atoms with Gasteiger partial charge < -0.3 is 9.84 Å². The van der Waals surface area contributed by atoms with E-state index in [9.17, 15) is 9.59 Å². The molecule has 1 fully saturated rings. The Morgan fingerprint density at radius 1 is 1.47 bits per heavy atom. The van der Waals surface area contributed by atoms with Gasteiger partial charge in [-0.05, 0) is 25.7 Å². The molecule has 1 rings (SSSR count). The van der Waals surface area contributed by atoms with Crippen LogP contribution in [0.3, 0.4) is 0 Å². The number of esters is 1. The highest BCUT2D eigenvalue weighted by atomic mass is 16.5. The van der Waals surface area contributed by atoms with E-state index in [1.807, 2.05) is 13.8 Å². The SMILES string of the molecule is CC(C)(COC(=O)C1CC1(C)C)C(=O)O. The standard InChI is InChI=1S/C11H18O4/c1-10(2)5-7(10)8(12)15-6-11(3,4)9(13)14/h7H,5-6H2,1-4H3,(H,13,14). The van der Waals surface area contributed by atoms with Gasteiger partial charge in [0.25, 0.3) is 0 Å². The Morgan fingerprint density at radius 3 is 2.27 bits per heavy atom. The molecule has 0 amide bonds. The number of hydrogen-bond acceptors (Lipinski definition) is 3. The van der Waals surface area contributed by atoms with Crippen LogP contribution in [-0.4, -0.2) is 23.7 Å². The molecule has 1 unspecified atom stereocenters. The van der Waals surface area contributed by atoms with Gasteiger partial charge >= 0.3 is 11.9 Å². The van der Waals surface area contributed by atoms with Gasteiger partial charge in [-0.25, -0.2) is 0 Å². The fraction of sp³-hybridized carbons (Fsp3) is 0.818. The largest absolute Gasteiger partial charge is 0.481 e. The highest BCUT2D eigenvalue weighted by Gasteiger charge is 2.52. The maximum atomic E-state index is 11.5. The summed E-state index contributed by atoms with van der Waals surface area (Å²) in [5.74, 6) is -1.28. The number of carboxylic acids is 1. The summed E-state index contributed by atoms with van der Waals surface area (Å²) in [5, 5.41) is 8.82. The van der Waals surface area contributed by atoms with Gasteiger partial charge in [0.15, 0.2) is 0 Å². The van der Waals surface area contributed by atoms with E-state index in [0.717, 1.165) is 6.42 Å². The van der Waals surface area contributed by atoms with Gasteiger partial charge in [-0.3, -0.25) is 9.59 Å². The first-order valence-electron chi connectivity index (χ1n) is 5.07. The molecule has 1 atom stereocenters. The minimum atomic E-state index is -1.01. The fourth-order valence-electron chi connectivity index (χ4n) is 1.28. The van der Waals surface area contributed by atoms with Gasteiger partial charge in [-0.1, -0.05) is 13.8 Å². The monoisotopic (exact) mass is 214 g/mol. The number of rotatable bonds is 4. The summed E-state index contributed by atoms with van der Waals surface area (Å²) >= 11 is 0. The summed E-state index contributed by atoms with van der Waals surface area (Å²) in [6.07, 6.45) is 0.833. The molecule has 0 aromatic rings. The number of hydrogen-bond donors (Lipinski definition) is 1. The maximum absolute atomic E-state index is 11.5. The molecule has 0 bridgehead atoms. The van der Waals surface area contributed by atoms with E-state index < -0.39 is 11.4 Å². The average Bonchev–Trinajstić information content (AvgIpc) is 2.71. The Hall–Kier alpha value is -1.06. The van der Waals surface area contributed by atoms with Crippen LogP contribution in [0.1, 0.15) is 34.1 Å². The van der Waals surface area contributed by atoms with Crippen LogP contribution in [0.5, 0.6) is 0 Å². The molecule has 0 spiro atoms. The number of carbonyl (C=O) groups is 2. The van der Waals surface area contributed by atoms with Crippen molar-refractivity contribution in [3.63, 3.8) is 0 Å². The van der Waals surface area contributed by atoms with E-state index in [1.165, 1.54) is 0 Å². The molecule has 15 heavy (non-hydrogen) atoms. The van der Waals surface area contributed by atoms with Gasteiger partial charge in [0.05, 0.1) is 11.3 Å². The third kappa shape index (κ3) is 2.70. The Morgan fingerprint density at radius 2 is 1.93 bits per heavy atom. The van der Waals surface area contributed by atoms with Crippen molar-refractivity contribution in [3.05, 3.63) is 0 Å². The van der Waals surface area contributed by atoms with Crippen molar-refractivity contribution in [2.75, 3.05) is 6.61 Å². The first-order chi connectivity index (χ1) is 6.67. The van der Waals surface area contributed by atoms with Crippen LogP contribution in [-0.2, 0) is 14.3 Å². The normalized spacial score (nSPS) is 23.3. The topological polar surface area (TPSA) is 63.6 Å². The van der Waals surface area contributed by atoms with Gasteiger partial charge in [-0.2, -0.15) is 0 Å². The first-order valence-corrected chi connectivity index (χ1v) is 5.07. The van der Waals surface area contributed by atoms with Crippen LogP contribution in [0, 0.1) is 16.7 Å². The smallest absolute Gasteiger partial charge is 0.312 e. The van der Waals surface area contributed by atoms with Crippen molar-refractivity contribution in [3.8, 4) is 0 Å². The molecule has 1 aliphatic carbocycles. The quantitative estimate of drug-likeness (QED) is 0.723. The minimum Gasteiger partial charge on any atom is -0.481 e. The molecule has 1 aliphatic rings. The second kappa shape index (κ2) is 3.51. The zero-order valence-corrected chi connectivity index (χ0v) is 9.66. The molecule has 0 aromatic heterocycles. The molecule has 1 N–H and O–H groups in total. The summed E-state index contributed by atoms with van der Waals surface area (Å²) in [6, 6.07) is 0. The number of ether oxygens (including phenoxy) is 1. The van der Waals surface area contributed by atoms with E-state index in [1.54, 1.807) is 13.8 Å². The van der Waals surface area contributed by atoms with E-state index >= 15 is 0 Å². The second-order valence-corrected chi connectivity index (χ2v) is 5.54. The average molecular weight is 214 g/mol. The third-order valence-corrected chi connectivity index (χ3v) is 2.95. The molecule has 0 heterocycles. The highest BCUT2D eigenvalue weighted by Crippen LogP contribution is 2.52. The number of aliphatic carboxylic acids is 1. The third-order valence-electron chi connectivity index (χ3n) is 2.95. The van der Waals surface area contributed by atoms with Crippen LogP contribution >= 0.6 is 0 Å². The van der Waals surface area contributed by atoms with E-state index in [-0.39, 0.29) is 23.9 Å². The minimum absolute atomic E-state index is 0.0322. The highest BCUT2D eigenvalue weighted by molar-refractivity contribution is 5.78. The second-order valence-electron chi connectivity index (χ2n) is 5.54. The molecule has 4 heteroatoms. The summed E-state index contributed by atoms with van der Waals surface area (Å²) in [6.45, 7) is 7.03. The first kappa shape index (κ1) is 12.0. The maximum Gasteiger partial charge on any atom is 0.312 e. The van der Waals surface area contributed by atoms with Crippen molar-refractivity contribution in [2.45, 2.75) is 34.1 Å². The molecule has 1 saturated carbocycles. The zero-order chi connectivity index (χ0) is 11.9. The van der Waals surface area contributed by atoms with Gasteiger partial charge in [0.2, 0.25) is 0 Å². The zero-order valence-electron chi connectivity index (χ0n) is 9.66. The van der Waals surface area contributed by atoms with E-state index in [0.29, 0.717) is 0 Å². The van der Waals surface area contributed by atoms with Crippen LogP contribution < -0.4 is 0 Å². The Bertz CT molecular complexity index is 291. The van der Waals surface area contributed by atoms with Crippen molar-refractivity contribution in [2.24, 2.45) is 16.7 Å². The van der Waals surface area contributed by atoms with E-state index in [4.69, 9.17) is 9.84 Å². The molecule has 0 aliphatic heterocycles. The van der Waals surface area contributed by atoms with Crippen molar-refractivity contribution in [1.82, 2.24) is 0 Å². The lowest BCUT2D eigenvalue weighted by Gasteiger charge is -2.18. The van der Waals surface area contributed by atoms with Gasteiger partial charge in [-0.15, -0.1) is 0 Å². The summed E-state index contributed by atoms with van der Waals surface area (Å²) in [4.78, 5) is 22.2. The molecule has 0 saturated heterocycles. The Labute approximate surface area is 89.6 Å². The van der Waals surface area contributed by atoms with Crippen LogP contribution in [0.25, 0.3) is 0 Å². The lowest BCUT2D eigenvalue weighted by molar-refractivity contribution is -0.157. The predicted octanol–water partition coefficient (Wildman–Crippen LogP) is 1.69. The molecule has 0 aromatic carbocycles. The molecule has 0 radical (unpaired) electrons. The summed E-state index contributed by atoms with van der Waals surface area (Å²) in [5.41, 5.74) is -0.973. The van der Waals surface area contributed by atoms with Gasteiger partial charge in [0, 0.05) is 0 Å². The Kier molecular flexibility index (Phi) is 2.81. The van der Waals surface area contributed by atoms with Crippen molar-refractivity contribution in [1.29, 1.82) is 0 Å². The van der Waals surface area contributed by atoms with Crippen LogP contribution in [0.2, 0.25) is 0 Å². The fourth-order valence-corrected chi connectivity index (χ4v) is 1.28. The molecular weight excluding hydrogens is 196 g/mol. The van der Waals surface area contributed by atoms with Crippen molar-refractivity contribution < 1.29 is 19.4 Å². The van der Waals surface area contributed by atoms with Gasteiger partial charge in [0.1, 0.15) is 6.61 Å². The molecule has 86 valence electrons. The van der Waals surface area contributed by atoms with Crippen molar-refractivity contribution >= 4 is 11.9 Å². The summed E-state index contributed by atoms with van der Waals surface area (Å²) in [7, 11) is 0.